The highest BCUT2D eigenvalue weighted by Gasteiger charge is 2.45. The van der Waals surface area contributed by atoms with Crippen molar-refractivity contribution < 1.29 is 42.5 Å². The van der Waals surface area contributed by atoms with Crippen LogP contribution in [0.1, 0.15) is 51.9 Å². The van der Waals surface area contributed by atoms with E-state index in [1.165, 1.54) is 0 Å². The number of hydrogen-bond acceptors (Lipinski definition) is 8. The number of rotatable bonds is 10. The minimum atomic E-state index is -4.13. The fraction of sp³-hybridized carbons (Fsp3) is 0.846. The van der Waals surface area contributed by atoms with Crippen molar-refractivity contribution in [1.82, 2.24) is 0 Å². The zero-order valence-electron chi connectivity index (χ0n) is 12.7. The predicted molar refractivity (Wildman–Crippen MR) is 75.1 cm³/mol. The van der Waals surface area contributed by atoms with Gasteiger partial charge in [0, 0.05) is 0 Å². The van der Waals surface area contributed by atoms with E-state index in [1.807, 2.05) is 6.92 Å². The molecule has 1 fully saturated rings. The third-order valence-corrected chi connectivity index (χ3v) is 4.06. The van der Waals surface area contributed by atoms with E-state index < -0.39 is 41.4 Å². The minimum Gasteiger partial charge on any atom is -0.457 e. The number of hydrogen-bond donors (Lipinski definition) is 1. The normalized spacial score (nSPS) is 17.0. The molecule has 0 unspecified atom stereocenters. The van der Waals surface area contributed by atoms with E-state index in [2.05, 4.69) is 14.1 Å². The smallest absolute Gasteiger partial charge is 0.415 e. The molecular weight excluding hydrogens is 338 g/mol. The van der Waals surface area contributed by atoms with Gasteiger partial charge >= 0.3 is 17.2 Å². The van der Waals surface area contributed by atoms with Crippen LogP contribution < -0.4 is 0 Å². The first kappa shape index (κ1) is 20.1. The number of halogens is 2. The van der Waals surface area contributed by atoms with Crippen molar-refractivity contribution in [2.75, 3.05) is 6.61 Å². The third-order valence-electron chi connectivity index (χ3n) is 3.56. The maximum atomic E-state index is 13.1. The van der Waals surface area contributed by atoms with Gasteiger partial charge in [0.1, 0.15) is 17.6 Å². The fourth-order valence-electron chi connectivity index (χ4n) is 2.49. The summed E-state index contributed by atoms with van der Waals surface area (Å²) in [6.45, 7) is 1.10. The molecule has 134 valence electrons. The zero-order valence-corrected chi connectivity index (χ0v) is 13.5. The van der Waals surface area contributed by atoms with Crippen LogP contribution in [0, 0.1) is 0 Å². The Morgan fingerprint density at radius 3 is 2.52 bits per heavy atom. The Balaban J connectivity index is 2.44. The van der Waals surface area contributed by atoms with Crippen molar-refractivity contribution in [2.24, 2.45) is 0 Å². The second-order valence-electron chi connectivity index (χ2n) is 5.29. The summed E-state index contributed by atoms with van der Waals surface area (Å²) in [5.74, 6) is -2.86. The van der Waals surface area contributed by atoms with Gasteiger partial charge in [-0.05, 0) is 38.5 Å². The molecule has 0 saturated heterocycles. The van der Waals surface area contributed by atoms with Gasteiger partial charge in [0.25, 0.3) is 0 Å². The van der Waals surface area contributed by atoms with Crippen LogP contribution >= 0.6 is 12.0 Å². The van der Waals surface area contributed by atoms with Crippen LogP contribution in [0.4, 0.5) is 8.78 Å². The molecule has 0 amide bonds. The lowest BCUT2D eigenvalue weighted by Crippen LogP contribution is -2.35. The van der Waals surface area contributed by atoms with Crippen molar-refractivity contribution in [3.05, 3.63) is 0 Å². The van der Waals surface area contributed by atoms with Crippen LogP contribution in [-0.4, -0.2) is 34.7 Å². The van der Waals surface area contributed by atoms with Gasteiger partial charge in [-0.25, -0.2) is 14.8 Å². The second-order valence-corrected chi connectivity index (χ2v) is 6.10. The van der Waals surface area contributed by atoms with E-state index >= 15 is 0 Å². The Labute approximate surface area is 136 Å². The molecule has 0 atom stereocenters. The molecule has 23 heavy (non-hydrogen) atoms. The molecule has 0 aliphatic heterocycles. The van der Waals surface area contributed by atoms with Crippen LogP contribution in [0.5, 0.6) is 0 Å². The number of ether oxygens (including phenoxy) is 2. The zero-order chi connectivity index (χ0) is 17.3. The van der Waals surface area contributed by atoms with Gasteiger partial charge in [-0.2, -0.15) is 8.78 Å². The van der Waals surface area contributed by atoms with E-state index in [0.29, 0.717) is 6.42 Å². The topological polar surface area (TPSA) is 91.3 Å². The Morgan fingerprint density at radius 1 is 1.30 bits per heavy atom. The van der Waals surface area contributed by atoms with Gasteiger partial charge in [-0.1, -0.05) is 18.4 Å². The summed E-state index contributed by atoms with van der Waals surface area (Å²) in [7, 11) is 0. The van der Waals surface area contributed by atoms with Crippen LogP contribution in [0.15, 0.2) is 0 Å². The van der Waals surface area contributed by atoms with Crippen molar-refractivity contribution in [2.45, 2.75) is 62.7 Å². The maximum Gasteiger partial charge on any atom is 0.415 e. The average Bonchev–Trinajstić information content (AvgIpc) is 2.97. The minimum absolute atomic E-state index is 0.579. The molecular formula is C13H20F2O7S. The summed E-state index contributed by atoms with van der Waals surface area (Å²) < 4.78 is 39.3. The van der Waals surface area contributed by atoms with Gasteiger partial charge in [0.05, 0.1) is 0 Å². The fourth-order valence-corrected chi connectivity index (χ4v) is 2.74. The molecule has 1 saturated carbocycles. The van der Waals surface area contributed by atoms with Crippen LogP contribution in [0.2, 0.25) is 0 Å². The van der Waals surface area contributed by atoms with E-state index in [-0.39, 0.29) is 0 Å². The molecule has 0 aromatic heterocycles. The maximum absolute atomic E-state index is 13.1. The van der Waals surface area contributed by atoms with Crippen LogP contribution in [0.3, 0.4) is 0 Å². The summed E-state index contributed by atoms with van der Waals surface area (Å²) in [5.41, 5.74) is -0.579. The summed E-state index contributed by atoms with van der Waals surface area (Å²) >= 11 is -0.750. The Hall–Kier alpha value is -0.970. The quantitative estimate of drug-likeness (QED) is 0.275. The summed E-state index contributed by atoms with van der Waals surface area (Å²) in [6.07, 6.45) is 5.86. The number of esters is 2. The van der Waals surface area contributed by atoms with Gasteiger partial charge in [-0.3, -0.25) is 0 Å². The molecule has 0 aromatic carbocycles. The van der Waals surface area contributed by atoms with Crippen molar-refractivity contribution in [1.29, 1.82) is 0 Å². The molecule has 0 aromatic rings. The molecule has 1 aliphatic carbocycles. The first-order valence-corrected chi connectivity index (χ1v) is 8.02. The average molecular weight is 358 g/mol. The monoisotopic (exact) mass is 358 g/mol. The highest BCUT2D eigenvalue weighted by atomic mass is 32.2. The standard InChI is InChI=1S/C13H20F2O7S/c1-2-3-6-12(7-4-5-8-12)20-10(16)9-19-11(17)13(14,15)23-22-21-18/h18H,2-9H2,1H3. The SMILES string of the molecule is CCCCC1(OC(=O)COC(=O)C(F)(F)SOOO)CCCC1. The van der Waals surface area contributed by atoms with Gasteiger partial charge in [0.15, 0.2) is 6.61 Å². The first-order chi connectivity index (χ1) is 10.9. The van der Waals surface area contributed by atoms with E-state index in [1.54, 1.807) is 0 Å². The Morgan fingerprint density at radius 2 is 1.96 bits per heavy atom. The van der Waals surface area contributed by atoms with Crippen LogP contribution in [0.25, 0.3) is 0 Å². The van der Waals surface area contributed by atoms with Crippen molar-refractivity contribution in [3.8, 4) is 0 Å². The molecule has 7 nitrogen and oxygen atoms in total. The van der Waals surface area contributed by atoms with Gasteiger partial charge in [-0.15, -0.1) is 4.33 Å². The van der Waals surface area contributed by atoms with Gasteiger partial charge < -0.3 is 9.47 Å². The molecule has 1 aliphatic rings. The molecule has 0 bridgehead atoms. The first-order valence-electron chi connectivity index (χ1n) is 7.28. The lowest BCUT2D eigenvalue weighted by Gasteiger charge is -2.29. The highest BCUT2D eigenvalue weighted by molar-refractivity contribution is 7.96. The number of carbonyl (C=O) groups is 2. The molecule has 10 heteroatoms. The number of alkyl halides is 2. The number of unbranched alkanes of at least 4 members (excludes halogenated alkanes) is 1. The van der Waals surface area contributed by atoms with Crippen molar-refractivity contribution >= 4 is 24.0 Å². The lowest BCUT2D eigenvalue weighted by molar-refractivity contribution is -0.433. The summed E-state index contributed by atoms with van der Waals surface area (Å²) in [4.78, 5) is 22.9. The van der Waals surface area contributed by atoms with Gasteiger partial charge in [0.2, 0.25) is 0 Å². The van der Waals surface area contributed by atoms with E-state index in [9.17, 15) is 18.4 Å². The Bertz CT molecular complexity index is 400. The second kappa shape index (κ2) is 9.36. The largest absolute Gasteiger partial charge is 0.457 e. The Kier molecular flexibility index (Phi) is 8.17. The predicted octanol–water partition coefficient (Wildman–Crippen LogP) is 3.24. The molecule has 1 rings (SSSR count). The lowest BCUT2D eigenvalue weighted by atomic mass is 9.95. The number of carbonyl (C=O) groups excluding carboxylic acids is 2. The van der Waals surface area contributed by atoms with E-state index in [4.69, 9.17) is 9.99 Å². The van der Waals surface area contributed by atoms with Crippen LogP contribution in [-0.2, 0) is 28.4 Å². The summed E-state index contributed by atoms with van der Waals surface area (Å²) in [5, 5.41) is 6.63. The van der Waals surface area contributed by atoms with E-state index in [0.717, 1.165) is 38.5 Å². The van der Waals surface area contributed by atoms with Crippen molar-refractivity contribution in [3.63, 3.8) is 0 Å². The molecule has 0 spiro atoms. The highest BCUT2D eigenvalue weighted by Crippen LogP contribution is 2.37. The molecule has 0 heterocycles. The molecule has 0 radical (unpaired) electrons. The third kappa shape index (κ3) is 6.58. The molecule has 1 N–H and O–H groups in total. The summed E-state index contributed by atoms with van der Waals surface area (Å²) in [6, 6.07) is 0.